The number of hydrogen-bond donors (Lipinski definition) is 1. The highest BCUT2D eigenvalue weighted by atomic mass is 19.4. The summed E-state index contributed by atoms with van der Waals surface area (Å²) in [6.45, 7) is 0.975. The zero-order valence-electron chi connectivity index (χ0n) is 13.4. The number of carbonyl (C=O) groups excluding carboxylic acids is 2. The molecular formula is C17H21F3N2O2. The summed E-state index contributed by atoms with van der Waals surface area (Å²) in [6.07, 6.45) is -0.643. The molecule has 0 unspecified atom stereocenters. The summed E-state index contributed by atoms with van der Waals surface area (Å²) in [5, 5.41) is 2.71. The fourth-order valence-electron chi connectivity index (χ4n) is 2.64. The number of rotatable bonds is 5. The fourth-order valence-corrected chi connectivity index (χ4v) is 2.64. The molecule has 2 rings (SSSR count). The minimum atomic E-state index is -4.34. The Balaban J connectivity index is 1.75. The van der Waals surface area contributed by atoms with E-state index < -0.39 is 11.7 Å². The van der Waals surface area contributed by atoms with Crippen molar-refractivity contribution < 1.29 is 22.8 Å². The summed E-state index contributed by atoms with van der Waals surface area (Å²) in [6, 6.07) is 4.89. The van der Waals surface area contributed by atoms with Gasteiger partial charge in [0, 0.05) is 19.5 Å². The van der Waals surface area contributed by atoms with Gasteiger partial charge in [-0.15, -0.1) is 0 Å². The normalized spacial score (nSPS) is 16.0. The van der Waals surface area contributed by atoms with E-state index in [4.69, 9.17) is 0 Å². The molecule has 0 bridgehead atoms. The first kappa shape index (κ1) is 18.3. The van der Waals surface area contributed by atoms with E-state index in [9.17, 15) is 22.8 Å². The largest absolute Gasteiger partial charge is 0.416 e. The molecule has 0 saturated carbocycles. The number of nitrogens with one attached hydrogen (secondary N) is 1. The molecule has 1 aromatic rings. The van der Waals surface area contributed by atoms with Gasteiger partial charge in [-0.1, -0.05) is 18.6 Å². The Kier molecular flexibility index (Phi) is 6.23. The van der Waals surface area contributed by atoms with Crippen molar-refractivity contribution in [2.75, 3.05) is 19.6 Å². The highest BCUT2D eigenvalue weighted by Gasteiger charge is 2.29. The van der Waals surface area contributed by atoms with Crippen LogP contribution in [0.15, 0.2) is 24.3 Å². The average Bonchev–Trinajstić information content (AvgIpc) is 2.72. The zero-order valence-corrected chi connectivity index (χ0v) is 13.4. The third kappa shape index (κ3) is 5.54. The molecule has 1 N–H and O–H groups in total. The maximum absolute atomic E-state index is 12.5. The van der Waals surface area contributed by atoms with Crippen LogP contribution < -0.4 is 5.32 Å². The highest BCUT2D eigenvalue weighted by Crippen LogP contribution is 2.29. The summed E-state index contributed by atoms with van der Waals surface area (Å²) in [5.74, 6) is -0.234. The van der Waals surface area contributed by atoms with Gasteiger partial charge in [0.2, 0.25) is 11.8 Å². The molecule has 1 saturated heterocycles. The second kappa shape index (κ2) is 8.17. The lowest BCUT2D eigenvalue weighted by atomic mass is 10.1. The van der Waals surface area contributed by atoms with Crippen LogP contribution in [0.1, 0.15) is 36.8 Å². The molecule has 2 amide bonds. The van der Waals surface area contributed by atoms with Crippen molar-refractivity contribution in [3.05, 3.63) is 35.4 Å². The van der Waals surface area contributed by atoms with Crippen molar-refractivity contribution in [3.8, 4) is 0 Å². The number of nitrogens with zero attached hydrogens (tertiary/aromatic N) is 1. The van der Waals surface area contributed by atoms with Gasteiger partial charge in [0.25, 0.3) is 0 Å². The zero-order chi connectivity index (χ0) is 17.6. The number of likely N-dealkylation sites (tertiary alicyclic amines) is 1. The fraction of sp³-hybridized carbons (Fsp3) is 0.529. The Bertz CT molecular complexity index is 570. The van der Waals surface area contributed by atoms with Crippen LogP contribution in [-0.4, -0.2) is 36.3 Å². The van der Waals surface area contributed by atoms with E-state index in [1.165, 1.54) is 12.1 Å². The molecule has 0 aliphatic carbocycles. The molecule has 1 aliphatic rings. The maximum Gasteiger partial charge on any atom is 0.416 e. The SMILES string of the molecule is O=C(CN1CCCCCC1=O)NCCc1ccc(C(F)(F)F)cc1. The average molecular weight is 342 g/mol. The second-order valence-corrected chi connectivity index (χ2v) is 5.92. The van der Waals surface area contributed by atoms with Crippen LogP contribution in [0.5, 0.6) is 0 Å². The van der Waals surface area contributed by atoms with Gasteiger partial charge in [-0.3, -0.25) is 9.59 Å². The van der Waals surface area contributed by atoms with E-state index in [0.29, 0.717) is 31.5 Å². The third-order valence-corrected chi connectivity index (χ3v) is 4.02. The lowest BCUT2D eigenvalue weighted by Gasteiger charge is -2.19. The lowest BCUT2D eigenvalue weighted by molar-refractivity contribution is -0.137. The van der Waals surface area contributed by atoms with Crippen LogP contribution in [0.25, 0.3) is 0 Å². The van der Waals surface area contributed by atoms with Crippen LogP contribution in [0.4, 0.5) is 13.2 Å². The number of halogens is 3. The topological polar surface area (TPSA) is 49.4 Å². The van der Waals surface area contributed by atoms with Crippen molar-refractivity contribution in [1.29, 1.82) is 0 Å². The highest BCUT2D eigenvalue weighted by molar-refractivity contribution is 5.84. The van der Waals surface area contributed by atoms with E-state index in [0.717, 1.165) is 31.4 Å². The smallest absolute Gasteiger partial charge is 0.354 e. The van der Waals surface area contributed by atoms with Gasteiger partial charge >= 0.3 is 6.18 Å². The van der Waals surface area contributed by atoms with E-state index in [2.05, 4.69) is 5.32 Å². The summed E-state index contributed by atoms with van der Waals surface area (Å²) in [5.41, 5.74) is 0.0316. The van der Waals surface area contributed by atoms with Gasteiger partial charge < -0.3 is 10.2 Å². The first-order valence-corrected chi connectivity index (χ1v) is 8.07. The van der Waals surface area contributed by atoms with E-state index in [1.54, 1.807) is 4.90 Å². The Morgan fingerprint density at radius 2 is 1.83 bits per heavy atom. The van der Waals surface area contributed by atoms with Crippen molar-refractivity contribution in [2.24, 2.45) is 0 Å². The number of amides is 2. The van der Waals surface area contributed by atoms with Gasteiger partial charge in [-0.05, 0) is 37.0 Å². The number of alkyl halides is 3. The summed E-state index contributed by atoms with van der Waals surface area (Å²) >= 11 is 0. The summed E-state index contributed by atoms with van der Waals surface area (Å²) in [4.78, 5) is 25.3. The number of hydrogen-bond acceptors (Lipinski definition) is 2. The molecule has 0 spiro atoms. The predicted octanol–water partition coefficient (Wildman–Crippen LogP) is 2.77. The lowest BCUT2D eigenvalue weighted by Crippen LogP contribution is -2.41. The first-order chi connectivity index (χ1) is 11.4. The van der Waals surface area contributed by atoms with Crippen molar-refractivity contribution in [2.45, 2.75) is 38.3 Å². The molecule has 1 heterocycles. The summed E-state index contributed by atoms with van der Waals surface area (Å²) < 4.78 is 37.4. The molecule has 132 valence electrons. The minimum absolute atomic E-state index is 0.00499. The third-order valence-electron chi connectivity index (χ3n) is 4.02. The molecule has 1 aliphatic heterocycles. The van der Waals surface area contributed by atoms with Crippen LogP contribution in [0.2, 0.25) is 0 Å². The predicted molar refractivity (Wildman–Crippen MR) is 83.2 cm³/mol. The van der Waals surface area contributed by atoms with Crippen LogP contribution in [-0.2, 0) is 22.2 Å². The quantitative estimate of drug-likeness (QED) is 0.895. The molecule has 0 aromatic heterocycles. The Morgan fingerprint density at radius 1 is 1.12 bits per heavy atom. The van der Waals surface area contributed by atoms with Gasteiger partial charge in [0.1, 0.15) is 0 Å². The minimum Gasteiger partial charge on any atom is -0.354 e. The summed E-state index contributed by atoms with van der Waals surface area (Å²) in [7, 11) is 0. The Hall–Kier alpha value is -2.05. The molecule has 24 heavy (non-hydrogen) atoms. The van der Waals surface area contributed by atoms with E-state index >= 15 is 0 Å². The first-order valence-electron chi connectivity index (χ1n) is 8.07. The van der Waals surface area contributed by atoms with Crippen LogP contribution in [0, 0.1) is 0 Å². The van der Waals surface area contributed by atoms with Crippen molar-refractivity contribution in [1.82, 2.24) is 10.2 Å². The molecule has 4 nitrogen and oxygen atoms in total. The van der Waals surface area contributed by atoms with Crippen LogP contribution in [0.3, 0.4) is 0 Å². The van der Waals surface area contributed by atoms with Gasteiger partial charge in [-0.2, -0.15) is 13.2 Å². The molecule has 7 heteroatoms. The van der Waals surface area contributed by atoms with Gasteiger partial charge in [-0.25, -0.2) is 0 Å². The molecule has 0 atom stereocenters. The van der Waals surface area contributed by atoms with Gasteiger partial charge in [0.15, 0.2) is 0 Å². The standard InChI is InChI=1S/C17H21F3N2O2/c18-17(19,20)14-7-5-13(6-8-14)9-10-21-15(23)12-22-11-3-1-2-4-16(22)24/h5-8H,1-4,9-12H2,(H,21,23). The maximum atomic E-state index is 12.5. The van der Waals surface area contributed by atoms with E-state index in [-0.39, 0.29) is 18.4 Å². The Morgan fingerprint density at radius 3 is 2.50 bits per heavy atom. The number of carbonyl (C=O) groups is 2. The molecule has 1 fully saturated rings. The van der Waals surface area contributed by atoms with Crippen molar-refractivity contribution >= 4 is 11.8 Å². The number of benzene rings is 1. The van der Waals surface area contributed by atoms with Crippen LogP contribution >= 0.6 is 0 Å². The second-order valence-electron chi connectivity index (χ2n) is 5.92. The monoisotopic (exact) mass is 342 g/mol. The van der Waals surface area contributed by atoms with E-state index in [1.807, 2.05) is 0 Å². The molecular weight excluding hydrogens is 321 g/mol. The molecule has 1 aromatic carbocycles. The van der Waals surface area contributed by atoms with Gasteiger partial charge in [0.05, 0.1) is 12.1 Å². The Labute approximate surface area is 139 Å². The molecule has 0 radical (unpaired) electrons. The van der Waals surface area contributed by atoms with Crippen molar-refractivity contribution in [3.63, 3.8) is 0 Å².